The summed E-state index contributed by atoms with van der Waals surface area (Å²) >= 11 is 6.00. The molecule has 0 spiro atoms. The van der Waals surface area contributed by atoms with Gasteiger partial charge in [-0.25, -0.2) is 4.98 Å². The van der Waals surface area contributed by atoms with Gasteiger partial charge in [-0.1, -0.05) is 11.6 Å². The number of rotatable bonds is 6. The number of alkyl halides is 3. The van der Waals surface area contributed by atoms with E-state index in [0.29, 0.717) is 16.5 Å². The van der Waals surface area contributed by atoms with Crippen LogP contribution in [0.15, 0.2) is 41.5 Å². The van der Waals surface area contributed by atoms with E-state index in [1.165, 1.54) is 19.4 Å². The molecule has 1 aromatic heterocycles. The van der Waals surface area contributed by atoms with Gasteiger partial charge in [0, 0.05) is 18.4 Å². The van der Waals surface area contributed by atoms with Crippen LogP contribution in [-0.2, 0) is 6.18 Å². The molecule has 0 bridgehead atoms. The van der Waals surface area contributed by atoms with Crippen LogP contribution in [0.4, 0.5) is 24.7 Å². The summed E-state index contributed by atoms with van der Waals surface area (Å²) in [5.41, 5.74) is 5.52. The van der Waals surface area contributed by atoms with E-state index in [4.69, 9.17) is 22.1 Å². The Kier molecular flexibility index (Phi) is 8.89. The lowest BCUT2D eigenvalue weighted by Gasteiger charge is -2.12. The molecule has 0 fully saturated rings. The van der Waals surface area contributed by atoms with E-state index in [1.54, 1.807) is 18.2 Å². The number of nitrogens with zero attached hydrogens (tertiary/aromatic N) is 2. The monoisotopic (exact) mass is 515 g/mol. The third kappa shape index (κ3) is 6.94. The van der Waals surface area contributed by atoms with E-state index in [1.807, 2.05) is 0 Å². The normalized spacial score (nSPS) is 11.5. The highest BCUT2D eigenvalue weighted by Crippen LogP contribution is 2.33. The van der Waals surface area contributed by atoms with Gasteiger partial charge in [0.05, 0.1) is 24.2 Å². The van der Waals surface area contributed by atoms with Gasteiger partial charge in [0.2, 0.25) is 0 Å². The molecule has 0 radical (unpaired) electrons. The molecule has 0 atom stereocenters. The molecule has 1 heterocycles. The topological polar surface area (TPSA) is 84.6 Å². The van der Waals surface area contributed by atoms with Crippen LogP contribution in [0.5, 0.6) is 5.75 Å². The van der Waals surface area contributed by atoms with Gasteiger partial charge in [0.15, 0.2) is 5.96 Å². The summed E-state index contributed by atoms with van der Waals surface area (Å²) in [4.78, 5) is 7.74. The van der Waals surface area contributed by atoms with E-state index in [2.05, 4.69) is 20.6 Å². The molecule has 0 saturated carbocycles. The number of guanidine groups is 1. The maximum absolute atomic E-state index is 12.9. The summed E-state index contributed by atoms with van der Waals surface area (Å²) < 4.78 is 43.6. The molecule has 0 saturated heterocycles. The Bertz CT molecular complexity index is 789. The number of hydrogen-bond acceptors (Lipinski definition) is 4. The van der Waals surface area contributed by atoms with Crippen molar-refractivity contribution in [1.82, 2.24) is 4.98 Å². The molecular formula is C16H18ClF3IN5O. The summed E-state index contributed by atoms with van der Waals surface area (Å²) in [6.07, 6.45) is -3.20. The average molecular weight is 516 g/mol. The van der Waals surface area contributed by atoms with Crippen LogP contribution in [0.1, 0.15) is 5.56 Å². The van der Waals surface area contributed by atoms with Crippen molar-refractivity contribution in [2.24, 2.45) is 10.7 Å². The van der Waals surface area contributed by atoms with Crippen molar-refractivity contribution in [2.45, 2.75) is 6.18 Å². The number of ether oxygens (including phenoxy) is 1. The van der Waals surface area contributed by atoms with Gasteiger partial charge in [-0.3, -0.25) is 4.99 Å². The predicted molar refractivity (Wildman–Crippen MR) is 111 cm³/mol. The Hall–Kier alpha value is -1.95. The lowest BCUT2D eigenvalue weighted by molar-refractivity contribution is -0.137. The quantitative estimate of drug-likeness (QED) is 0.232. The molecule has 0 aliphatic carbocycles. The van der Waals surface area contributed by atoms with Crippen molar-refractivity contribution in [1.29, 1.82) is 0 Å². The molecule has 6 nitrogen and oxygen atoms in total. The second kappa shape index (κ2) is 10.4. The first kappa shape index (κ1) is 23.1. The standard InChI is InChI=1S/C16H17ClF3N5O.HI/c1-26-13-5-4-10(9-12(13)17)25-15(21)24-8-7-23-14-11(16(18,19)20)3-2-6-22-14;/h2-6,9H,7-8H2,1H3,(H,22,23)(H3,21,24,25);1H. The fourth-order valence-electron chi connectivity index (χ4n) is 2.06. The number of benzene rings is 1. The smallest absolute Gasteiger partial charge is 0.419 e. The van der Waals surface area contributed by atoms with Crippen molar-refractivity contribution < 1.29 is 17.9 Å². The zero-order chi connectivity index (χ0) is 19.2. The average Bonchev–Trinajstić information content (AvgIpc) is 2.58. The first-order valence-corrected chi connectivity index (χ1v) is 7.85. The summed E-state index contributed by atoms with van der Waals surface area (Å²) in [7, 11) is 1.50. The number of hydrogen-bond donors (Lipinski definition) is 3. The molecule has 148 valence electrons. The predicted octanol–water partition coefficient (Wildman–Crippen LogP) is 4.22. The molecule has 0 aliphatic heterocycles. The number of halogens is 5. The van der Waals surface area contributed by atoms with Crippen molar-refractivity contribution in [3.63, 3.8) is 0 Å². The Morgan fingerprint density at radius 3 is 2.70 bits per heavy atom. The number of aromatic nitrogens is 1. The van der Waals surface area contributed by atoms with E-state index >= 15 is 0 Å². The van der Waals surface area contributed by atoms with Crippen LogP contribution in [0, 0.1) is 0 Å². The first-order chi connectivity index (χ1) is 12.3. The molecule has 27 heavy (non-hydrogen) atoms. The van der Waals surface area contributed by atoms with E-state index in [9.17, 15) is 13.2 Å². The van der Waals surface area contributed by atoms with Gasteiger partial charge in [-0.15, -0.1) is 24.0 Å². The van der Waals surface area contributed by atoms with Gasteiger partial charge < -0.3 is 21.1 Å². The maximum Gasteiger partial charge on any atom is 0.419 e. The fraction of sp³-hybridized carbons (Fsp3) is 0.250. The SMILES string of the molecule is COc1ccc(NC(N)=NCCNc2ncccc2C(F)(F)F)cc1Cl.I. The molecule has 2 aromatic rings. The molecule has 11 heteroatoms. The van der Waals surface area contributed by atoms with Gasteiger partial charge in [-0.2, -0.15) is 13.2 Å². The van der Waals surface area contributed by atoms with E-state index in [-0.39, 0.29) is 48.8 Å². The Morgan fingerprint density at radius 1 is 1.33 bits per heavy atom. The van der Waals surface area contributed by atoms with E-state index in [0.717, 1.165) is 6.07 Å². The van der Waals surface area contributed by atoms with Crippen LogP contribution in [-0.4, -0.2) is 31.1 Å². The van der Waals surface area contributed by atoms with Crippen LogP contribution in [0.3, 0.4) is 0 Å². The number of nitrogens with two attached hydrogens (primary N) is 1. The second-order valence-corrected chi connectivity index (χ2v) is 5.47. The minimum absolute atomic E-state index is 0. The summed E-state index contributed by atoms with van der Waals surface area (Å²) in [6, 6.07) is 7.18. The van der Waals surface area contributed by atoms with Gasteiger partial charge in [0.25, 0.3) is 0 Å². The number of pyridine rings is 1. The Balaban J connectivity index is 0.00000364. The molecular weight excluding hydrogens is 498 g/mol. The lowest BCUT2D eigenvalue weighted by Crippen LogP contribution is -2.24. The molecule has 1 aromatic carbocycles. The highest BCUT2D eigenvalue weighted by atomic mass is 127. The highest BCUT2D eigenvalue weighted by Gasteiger charge is 2.33. The third-order valence-corrected chi connectivity index (χ3v) is 3.52. The van der Waals surface area contributed by atoms with Crippen molar-refractivity contribution in [3.8, 4) is 5.75 Å². The van der Waals surface area contributed by atoms with Gasteiger partial charge in [0.1, 0.15) is 11.6 Å². The zero-order valence-electron chi connectivity index (χ0n) is 14.2. The summed E-state index contributed by atoms with van der Waals surface area (Å²) in [6.45, 7) is 0.280. The molecule has 2 rings (SSSR count). The molecule has 0 unspecified atom stereocenters. The summed E-state index contributed by atoms with van der Waals surface area (Å²) in [5, 5.41) is 5.84. The Morgan fingerprint density at radius 2 is 2.07 bits per heavy atom. The first-order valence-electron chi connectivity index (χ1n) is 7.48. The largest absolute Gasteiger partial charge is 0.495 e. The van der Waals surface area contributed by atoms with Crippen LogP contribution in [0.25, 0.3) is 0 Å². The van der Waals surface area contributed by atoms with Gasteiger partial charge >= 0.3 is 6.18 Å². The van der Waals surface area contributed by atoms with Gasteiger partial charge in [-0.05, 0) is 30.3 Å². The zero-order valence-corrected chi connectivity index (χ0v) is 17.3. The minimum atomic E-state index is -4.48. The third-order valence-electron chi connectivity index (χ3n) is 3.22. The highest BCUT2D eigenvalue weighted by molar-refractivity contribution is 14.0. The summed E-state index contributed by atoms with van der Waals surface area (Å²) in [5.74, 6) is 0.376. The van der Waals surface area contributed by atoms with Crippen molar-refractivity contribution in [3.05, 3.63) is 47.1 Å². The van der Waals surface area contributed by atoms with Crippen LogP contribution in [0.2, 0.25) is 5.02 Å². The lowest BCUT2D eigenvalue weighted by atomic mass is 10.2. The van der Waals surface area contributed by atoms with E-state index < -0.39 is 11.7 Å². The minimum Gasteiger partial charge on any atom is -0.495 e. The number of nitrogens with one attached hydrogen (secondary N) is 2. The molecule has 0 aliphatic rings. The maximum atomic E-state index is 12.9. The number of aliphatic imine (C=N–C) groups is 1. The van der Waals surface area contributed by atoms with Crippen molar-refractivity contribution >= 4 is 53.0 Å². The fourth-order valence-corrected chi connectivity index (χ4v) is 2.31. The van der Waals surface area contributed by atoms with Crippen LogP contribution >= 0.6 is 35.6 Å². The molecule has 4 N–H and O–H groups in total. The van der Waals surface area contributed by atoms with Crippen LogP contribution < -0.4 is 21.1 Å². The Labute approximate surface area is 176 Å². The van der Waals surface area contributed by atoms with Crippen molar-refractivity contribution in [2.75, 3.05) is 30.8 Å². The second-order valence-electron chi connectivity index (χ2n) is 5.07. The molecule has 0 amide bonds. The number of anilines is 2. The number of methoxy groups -OCH3 is 1.